The maximum Gasteiger partial charge on any atom is 1.00 e. The Morgan fingerprint density at radius 2 is 2.06 bits per heavy atom. The van der Waals surface area contributed by atoms with Crippen LogP contribution in [-0.2, 0) is 0 Å². The second-order valence-corrected chi connectivity index (χ2v) is 4.19. The average Bonchev–Trinajstić information content (AvgIpc) is 2.59. The van der Waals surface area contributed by atoms with Gasteiger partial charge in [-0.25, -0.2) is 4.79 Å². The second kappa shape index (κ2) is 6.08. The first-order valence-corrected chi connectivity index (χ1v) is 5.30. The Morgan fingerprint density at radius 3 is 2.59 bits per heavy atom. The molecule has 0 saturated carbocycles. The number of benzene rings is 1. The van der Waals surface area contributed by atoms with Gasteiger partial charge in [0.1, 0.15) is 5.75 Å². The fourth-order valence-corrected chi connectivity index (χ4v) is 2.56. The molecule has 2 aromatic rings. The normalized spacial score (nSPS) is 9.29. The molecule has 4 nitrogen and oxygen atoms in total. The van der Waals surface area contributed by atoms with Crippen LogP contribution < -0.4 is 23.6 Å². The number of methoxy groups -OCH3 is 1. The van der Waals surface area contributed by atoms with E-state index in [-0.39, 0.29) is 29.9 Å². The molecule has 2 N–H and O–H groups in total. The van der Waals surface area contributed by atoms with E-state index in [9.17, 15) is 4.79 Å². The molecule has 0 atom stereocenters. The van der Waals surface area contributed by atoms with Gasteiger partial charge in [-0.3, -0.25) is 0 Å². The first-order chi connectivity index (χ1) is 7.13. The number of carboxylic acid groups (broad SMARTS) is 1. The molecular weight excluding hydrogens is 235 g/mol. The van der Waals surface area contributed by atoms with Gasteiger partial charge in [0.15, 0.2) is 0 Å². The predicted octanol–water partition coefficient (Wildman–Crippen LogP) is -0.256. The zero-order chi connectivity index (χ0) is 11.0. The molecule has 0 saturated heterocycles. The molecule has 1 aromatic carbocycles. The average molecular weight is 246 g/mol. The van der Waals surface area contributed by atoms with Gasteiger partial charge in [0.2, 0.25) is 0 Å². The van der Waals surface area contributed by atoms with Gasteiger partial charge in [0.05, 0.1) is 12.7 Å². The number of carbonyl (C=O) groups is 1. The van der Waals surface area contributed by atoms with E-state index in [0.717, 1.165) is 15.6 Å². The molecule has 0 amide bonds. The minimum atomic E-state index is -0.929. The number of hydrogen-bond donors (Lipinski definition) is 1. The van der Waals surface area contributed by atoms with Gasteiger partial charge in [0, 0.05) is 10.1 Å². The molecule has 17 heavy (non-hydrogen) atoms. The van der Waals surface area contributed by atoms with Crippen LogP contribution in [0.5, 0.6) is 5.75 Å². The molecule has 2 rings (SSSR count). The van der Waals surface area contributed by atoms with Gasteiger partial charge in [-0.05, 0) is 30.0 Å². The standard InChI is InChI=1S/C11H10O3S.Li.H2O/c1-6-5-15-9-4-7(11(12)13)3-8(14-2)10(6)9;;/h3-5H,1-2H3,(H,12,13);;1H2/q;+1;/p-1. The van der Waals surface area contributed by atoms with Crippen molar-refractivity contribution in [3.8, 4) is 5.75 Å². The number of carboxylic acids is 1. The van der Waals surface area contributed by atoms with E-state index in [1.165, 1.54) is 11.3 Å². The largest absolute Gasteiger partial charge is 1.00 e. The van der Waals surface area contributed by atoms with Crippen molar-refractivity contribution in [3.05, 3.63) is 28.6 Å². The third kappa shape index (κ3) is 2.82. The fourth-order valence-electron chi connectivity index (χ4n) is 1.57. The van der Waals surface area contributed by atoms with Crippen LogP contribution >= 0.6 is 11.3 Å². The van der Waals surface area contributed by atoms with Crippen LogP contribution in [0.4, 0.5) is 0 Å². The Kier molecular flexibility index (Phi) is 5.72. The van der Waals surface area contributed by atoms with Crippen molar-refractivity contribution in [2.24, 2.45) is 0 Å². The van der Waals surface area contributed by atoms with Crippen molar-refractivity contribution in [3.63, 3.8) is 0 Å². The van der Waals surface area contributed by atoms with E-state index < -0.39 is 5.97 Å². The summed E-state index contributed by atoms with van der Waals surface area (Å²) in [5.74, 6) is -0.301. The summed E-state index contributed by atoms with van der Waals surface area (Å²) < 4.78 is 6.15. The topological polar surface area (TPSA) is 76.5 Å². The van der Waals surface area contributed by atoms with E-state index in [2.05, 4.69) is 0 Å². The molecule has 0 radical (unpaired) electrons. The summed E-state index contributed by atoms with van der Waals surface area (Å²) in [6, 6.07) is 3.24. The van der Waals surface area contributed by atoms with Crippen LogP contribution in [0.15, 0.2) is 17.5 Å². The van der Waals surface area contributed by atoms with E-state index in [0.29, 0.717) is 5.75 Å². The molecular formula is C11H11LiO4S. The molecule has 0 fully saturated rings. The summed E-state index contributed by atoms with van der Waals surface area (Å²) in [6.45, 7) is 1.99. The molecule has 6 heteroatoms. The summed E-state index contributed by atoms with van der Waals surface area (Å²) in [6.07, 6.45) is 0. The van der Waals surface area contributed by atoms with E-state index in [1.807, 2.05) is 12.3 Å². The summed E-state index contributed by atoms with van der Waals surface area (Å²) >= 11 is 1.53. The molecule has 0 bridgehead atoms. The molecule has 1 heterocycles. The van der Waals surface area contributed by atoms with Gasteiger partial charge in [0.25, 0.3) is 0 Å². The van der Waals surface area contributed by atoms with Crippen molar-refractivity contribution < 1.29 is 39.0 Å². The van der Waals surface area contributed by atoms with Crippen LogP contribution in [-0.4, -0.2) is 23.7 Å². The SMILES string of the molecule is COc1cc(C(=O)O)cc2scc(C)c12.[Li+].[OH-]. The maximum absolute atomic E-state index is 10.9. The molecule has 0 aliphatic rings. The Balaban J connectivity index is 0.00000128. The van der Waals surface area contributed by atoms with Gasteiger partial charge in [-0.2, -0.15) is 0 Å². The minimum absolute atomic E-state index is 0. The summed E-state index contributed by atoms with van der Waals surface area (Å²) in [7, 11) is 1.55. The molecule has 86 valence electrons. The third-order valence-corrected chi connectivity index (χ3v) is 3.34. The first kappa shape index (κ1) is 16.0. The van der Waals surface area contributed by atoms with Gasteiger partial charge in [-0.15, -0.1) is 11.3 Å². The van der Waals surface area contributed by atoms with Crippen LogP contribution in [0.25, 0.3) is 10.1 Å². The Hall–Kier alpha value is -0.993. The second-order valence-electron chi connectivity index (χ2n) is 3.28. The number of aryl methyl sites for hydroxylation is 1. The summed E-state index contributed by atoms with van der Waals surface area (Å²) in [4.78, 5) is 10.9. The maximum atomic E-state index is 10.9. The summed E-state index contributed by atoms with van der Waals surface area (Å²) in [5.41, 5.74) is 1.38. The van der Waals surface area contributed by atoms with Crippen LogP contribution in [0.3, 0.4) is 0 Å². The molecule has 0 unspecified atom stereocenters. The van der Waals surface area contributed by atoms with Gasteiger partial charge < -0.3 is 15.3 Å². The van der Waals surface area contributed by atoms with E-state index in [4.69, 9.17) is 9.84 Å². The number of thiophene rings is 1. The Bertz CT molecular complexity index is 535. The zero-order valence-corrected chi connectivity index (χ0v) is 10.7. The van der Waals surface area contributed by atoms with Crippen molar-refractivity contribution in [2.45, 2.75) is 6.92 Å². The first-order valence-electron chi connectivity index (χ1n) is 4.42. The molecule has 0 aliphatic heterocycles. The molecule has 0 aliphatic carbocycles. The van der Waals surface area contributed by atoms with Crippen LogP contribution in [0, 0.1) is 6.92 Å². The third-order valence-electron chi connectivity index (χ3n) is 2.29. The minimum Gasteiger partial charge on any atom is -0.870 e. The molecule has 0 spiro atoms. The number of ether oxygens (including phenoxy) is 1. The van der Waals surface area contributed by atoms with Crippen molar-refractivity contribution >= 4 is 27.4 Å². The number of rotatable bonds is 2. The van der Waals surface area contributed by atoms with Gasteiger partial charge >= 0.3 is 24.8 Å². The number of aromatic carboxylic acids is 1. The van der Waals surface area contributed by atoms with E-state index >= 15 is 0 Å². The zero-order valence-electron chi connectivity index (χ0n) is 9.85. The van der Waals surface area contributed by atoms with Crippen molar-refractivity contribution in [1.29, 1.82) is 0 Å². The predicted molar refractivity (Wildman–Crippen MR) is 62.0 cm³/mol. The monoisotopic (exact) mass is 246 g/mol. The van der Waals surface area contributed by atoms with Crippen LogP contribution in [0.1, 0.15) is 15.9 Å². The van der Waals surface area contributed by atoms with E-state index in [1.54, 1.807) is 19.2 Å². The quantitative estimate of drug-likeness (QED) is 0.741. The van der Waals surface area contributed by atoms with Crippen LogP contribution in [0.2, 0.25) is 0 Å². The molecule has 1 aromatic heterocycles. The number of fused-ring (bicyclic) bond motifs is 1. The summed E-state index contributed by atoms with van der Waals surface area (Å²) in [5, 5.41) is 11.9. The van der Waals surface area contributed by atoms with Crippen molar-refractivity contribution in [1.82, 2.24) is 0 Å². The fraction of sp³-hybridized carbons (Fsp3) is 0.182. The van der Waals surface area contributed by atoms with Gasteiger partial charge in [-0.1, -0.05) is 0 Å². The van der Waals surface area contributed by atoms with Crippen molar-refractivity contribution in [2.75, 3.05) is 7.11 Å². The smallest absolute Gasteiger partial charge is 0.870 e. The Morgan fingerprint density at radius 1 is 1.41 bits per heavy atom. The Labute approximate surface area is 115 Å². The number of hydrogen-bond acceptors (Lipinski definition) is 4.